The van der Waals surface area contributed by atoms with Crippen molar-refractivity contribution in [2.24, 2.45) is 0 Å². The van der Waals surface area contributed by atoms with Gasteiger partial charge in [0.15, 0.2) is 0 Å². The third kappa shape index (κ3) is 4.06. The quantitative estimate of drug-likeness (QED) is 0.463. The van der Waals surface area contributed by atoms with E-state index in [9.17, 15) is 13.2 Å². The van der Waals surface area contributed by atoms with Gasteiger partial charge in [-0.05, 0) is 18.6 Å². The third-order valence-corrected chi connectivity index (χ3v) is 5.73. The zero-order valence-electron chi connectivity index (χ0n) is 12.6. The van der Waals surface area contributed by atoms with Crippen molar-refractivity contribution in [3.8, 4) is 0 Å². The molecule has 1 fully saturated rings. The van der Waals surface area contributed by atoms with Crippen LogP contribution in [0.3, 0.4) is 0 Å². The fourth-order valence-electron chi connectivity index (χ4n) is 2.62. The molecule has 1 aromatic rings. The van der Waals surface area contributed by atoms with Crippen LogP contribution in [0.15, 0.2) is 35.2 Å². The number of hydroxylamine groups is 1. The van der Waals surface area contributed by atoms with E-state index >= 15 is 0 Å². The molecule has 1 unspecified atom stereocenters. The Balaban J connectivity index is 2.24. The summed E-state index contributed by atoms with van der Waals surface area (Å²) in [6, 6.07) is 6.88. The number of aliphatic hydroxyl groups excluding tert-OH is 1. The first-order chi connectivity index (χ1) is 11.0. The molecule has 8 nitrogen and oxygen atoms in total. The van der Waals surface area contributed by atoms with Crippen LogP contribution in [-0.2, 0) is 14.8 Å². The number of hydrogen-bond donors (Lipinski definition) is 3. The monoisotopic (exact) mass is 343 g/mol. The number of aliphatic hydroxyl groups is 1. The normalized spacial score (nSPS) is 20.3. The SMILES string of the molecule is O=C(NO)C1CN(CCCO)CCN1S(=O)(=O)c1ccccc1. The number of benzene rings is 1. The molecule has 2 rings (SSSR count). The average Bonchev–Trinajstić information content (AvgIpc) is 2.59. The van der Waals surface area contributed by atoms with Gasteiger partial charge in [0.1, 0.15) is 6.04 Å². The van der Waals surface area contributed by atoms with Crippen molar-refractivity contribution in [3.05, 3.63) is 30.3 Å². The molecule has 1 heterocycles. The lowest BCUT2D eigenvalue weighted by Crippen LogP contribution is -2.60. The van der Waals surface area contributed by atoms with Crippen molar-refractivity contribution >= 4 is 15.9 Å². The number of rotatable bonds is 6. The van der Waals surface area contributed by atoms with Gasteiger partial charge in [-0.2, -0.15) is 4.31 Å². The summed E-state index contributed by atoms with van der Waals surface area (Å²) >= 11 is 0. The molecule has 1 aromatic carbocycles. The van der Waals surface area contributed by atoms with Gasteiger partial charge in [0.2, 0.25) is 10.0 Å². The zero-order valence-corrected chi connectivity index (χ0v) is 13.4. The first-order valence-corrected chi connectivity index (χ1v) is 8.78. The first kappa shape index (κ1) is 17.8. The Morgan fingerprint density at radius 2 is 1.96 bits per heavy atom. The van der Waals surface area contributed by atoms with Crippen LogP contribution in [0.1, 0.15) is 6.42 Å². The molecule has 23 heavy (non-hydrogen) atoms. The van der Waals surface area contributed by atoms with Crippen LogP contribution in [0.25, 0.3) is 0 Å². The molecule has 0 aliphatic carbocycles. The summed E-state index contributed by atoms with van der Waals surface area (Å²) in [5.41, 5.74) is 1.54. The molecular weight excluding hydrogens is 322 g/mol. The third-order valence-electron chi connectivity index (χ3n) is 3.81. The topological polar surface area (TPSA) is 110 Å². The van der Waals surface area contributed by atoms with Crippen LogP contribution in [0.2, 0.25) is 0 Å². The molecule has 1 saturated heterocycles. The van der Waals surface area contributed by atoms with Crippen LogP contribution in [0.5, 0.6) is 0 Å². The molecule has 1 aliphatic rings. The minimum Gasteiger partial charge on any atom is -0.396 e. The number of hydrogen-bond acceptors (Lipinski definition) is 6. The largest absolute Gasteiger partial charge is 0.396 e. The lowest BCUT2D eigenvalue weighted by molar-refractivity contribution is -0.135. The van der Waals surface area contributed by atoms with Crippen molar-refractivity contribution in [1.29, 1.82) is 0 Å². The van der Waals surface area contributed by atoms with Gasteiger partial charge in [0.05, 0.1) is 4.90 Å². The summed E-state index contributed by atoms with van der Waals surface area (Å²) in [6.07, 6.45) is 0.541. The number of sulfonamides is 1. The van der Waals surface area contributed by atoms with Gasteiger partial charge in [-0.1, -0.05) is 18.2 Å². The lowest BCUT2D eigenvalue weighted by Gasteiger charge is -2.39. The van der Waals surface area contributed by atoms with Crippen LogP contribution in [0.4, 0.5) is 0 Å². The number of nitrogens with one attached hydrogen (secondary N) is 1. The molecule has 9 heteroatoms. The Morgan fingerprint density at radius 1 is 1.26 bits per heavy atom. The second-order valence-electron chi connectivity index (χ2n) is 5.30. The van der Waals surface area contributed by atoms with Gasteiger partial charge < -0.3 is 5.11 Å². The van der Waals surface area contributed by atoms with Crippen LogP contribution >= 0.6 is 0 Å². The molecule has 128 valence electrons. The standard InChI is InChI=1S/C14H21N3O5S/c18-10-4-7-16-8-9-17(13(11-16)14(19)15-20)23(21,22)12-5-2-1-3-6-12/h1-3,5-6,13,18,20H,4,7-11H2,(H,15,19). The van der Waals surface area contributed by atoms with E-state index in [0.29, 0.717) is 19.5 Å². The van der Waals surface area contributed by atoms with Crippen molar-refractivity contribution in [2.75, 3.05) is 32.8 Å². The molecule has 0 radical (unpaired) electrons. The van der Waals surface area contributed by atoms with Gasteiger partial charge in [0, 0.05) is 32.8 Å². The number of amides is 1. The van der Waals surface area contributed by atoms with E-state index in [4.69, 9.17) is 10.3 Å². The molecule has 0 bridgehead atoms. The smallest absolute Gasteiger partial charge is 0.263 e. The van der Waals surface area contributed by atoms with Gasteiger partial charge in [-0.3, -0.25) is 14.9 Å². The highest BCUT2D eigenvalue weighted by Gasteiger charge is 2.39. The Labute approximate surface area is 135 Å². The highest BCUT2D eigenvalue weighted by Crippen LogP contribution is 2.21. The lowest BCUT2D eigenvalue weighted by atomic mass is 10.2. The van der Waals surface area contributed by atoms with Gasteiger partial charge in [-0.15, -0.1) is 0 Å². The van der Waals surface area contributed by atoms with E-state index in [0.717, 1.165) is 4.31 Å². The van der Waals surface area contributed by atoms with Crippen molar-refractivity contribution in [1.82, 2.24) is 14.7 Å². The zero-order chi connectivity index (χ0) is 16.9. The van der Waals surface area contributed by atoms with E-state index in [1.165, 1.54) is 12.1 Å². The van der Waals surface area contributed by atoms with Crippen LogP contribution in [0, 0.1) is 0 Å². The summed E-state index contributed by atoms with van der Waals surface area (Å²) in [6.45, 7) is 1.35. The van der Waals surface area contributed by atoms with Gasteiger partial charge in [-0.25, -0.2) is 13.9 Å². The predicted octanol–water partition coefficient (Wildman–Crippen LogP) is -0.751. The number of nitrogens with zero attached hydrogens (tertiary/aromatic N) is 2. The molecule has 0 saturated carbocycles. The van der Waals surface area contributed by atoms with Gasteiger partial charge in [0.25, 0.3) is 5.91 Å². The van der Waals surface area contributed by atoms with E-state index in [2.05, 4.69) is 0 Å². The minimum absolute atomic E-state index is 0.0272. The number of carbonyl (C=O) groups excluding carboxylic acids is 1. The highest BCUT2D eigenvalue weighted by molar-refractivity contribution is 7.89. The highest BCUT2D eigenvalue weighted by atomic mass is 32.2. The van der Waals surface area contributed by atoms with Crippen molar-refractivity contribution in [2.45, 2.75) is 17.4 Å². The minimum atomic E-state index is -3.82. The summed E-state index contributed by atoms with van der Waals surface area (Å²) in [5, 5.41) is 17.8. The van der Waals surface area contributed by atoms with Crippen molar-refractivity contribution < 1.29 is 23.5 Å². The molecular formula is C14H21N3O5S. The Bertz CT molecular complexity index is 623. The Morgan fingerprint density at radius 3 is 2.57 bits per heavy atom. The Kier molecular flexibility index (Phi) is 6.08. The maximum absolute atomic E-state index is 12.7. The first-order valence-electron chi connectivity index (χ1n) is 7.34. The van der Waals surface area contributed by atoms with E-state index < -0.39 is 22.0 Å². The predicted molar refractivity (Wildman–Crippen MR) is 82.2 cm³/mol. The number of piperazine rings is 1. The second-order valence-corrected chi connectivity index (χ2v) is 7.19. The number of carbonyl (C=O) groups is 1. The molecule has 0 aromatic heterocycles. The Hall–Kier alpha value is -1.52. The molecule has 1 aliphatic heterocycles. The van der Waals surface area contributed by atoms with E-state index in [1.54, 1.807) is 23.7 Å². The summed E-state index contributed by atoms with van der Waals surface area (Å²) in [5.74, 6) is -0.766. The van der Waals surface area contributed by atoms with Crippen LogP contribution < -0.4 is 5.48 Å². The maximum atomic E-state index is 12.7. The van der Waals surface area contributed by atoms with Crippen molar-refractivity contribution in [3.63, 3.8) is 0 Å². The fourth-order valence-corrected chi connectivity index (χ4v) is 4.22. The molecule has 1 atom stereocenters. The van der Waals surface area contributed by atoms with Gasteiger partial charge >= 0.3 is 0 Å². The maximum Gasteiger partial charge on any atom is 0.263 e. The second kappa shape index (κ2) is 7.84. The fraction of sp³-hybridized carbons (Fsp3) is 0.500. The summed E-state index contributed by atoms with van der Waals surface area (Å²) in [4.78, 5) is 13.9. The molecule has 3 N–H and O–H groups in total. The van der Waals surface area contributed by atoms with Crippen LogP contribution in [-0.4, -0.2) is 72.7 Å². The van der Waals surface area contributed by atoms with E-state index in [-0.39, 0.29) is 24.6 Å². The average molecular weight is 343 g/mol. The van der Waals surface area contributed by atoms with E-state index in [1.807, 2.05) is 4.90 Å². The summed E-state index contributed by atoms with van der Waals surface area (Å²) < 4.78 is 26.6. The summed E-state index contributed by atoms with van der Waals surface area (Å²) in [7, 11) is -3.82. The molecule has 0 spiro atoms. The molecule has 1 amide bonds.